The molecule has 0 saturated carbocycles. The number of phenolic OH excluding ortho intramolecular Hbond substituents is 1. The Kier molecular flexibility index (Phi) is 8.03. The number of phenols is 1. The lowest BCUT2D eigenvalue weighted by Crippen LogP contribution is -2.35. The van der Waals surface area contributed by atoms with Gasteiger partial charge in [0.05, 0.1) is 11.7 Å². The van der Waals surface area contributed by atoms with Gasteiger partial charge in [-0.05, 0) is 72.0 Å². The first-order valence-electron chi connectivity index (χ1n) is 10.8. The topological polar surface area (TPSA) is 99.0 Å². The second-order valence-electron chi connectivity index (χ2n) is 7.80. The number of carboxylic acids is 1. The number of rotatable bonds is 10. The van der Waals surface area contributed by atoms with E-state index in [0.29, 0.717) is 24.1 Å². The molecule has 0 heterocycles. The van der Waals surface area contributed by atoms with Crippen LogP contribution in [0.3, 0.4) is 0 Å². The molecule has 33 heavy (non-hydrogen) atoms. The molecule has 6 nitrogen and oxygen atoms in total. The zero-order valence-corrected chi connectivity index (χ0v) is 18.6. The van der Waals surface area contributed by atoms with Gasteiger partial charge in [0.2, 0.25) is 0 Å². The molecule has 4 N–H and O–H groups in total. The summed E-state index contributed by atoms with van der Waals surface area (Å²) in [6, 6.07) is 15.6. The monoisotopic (exact) mass is 453 g/mol. The first-order valence-corrected chi connectivity index (χ1v) is 10.8. The lowest BCUT2D eigenvalue weighted by Gasteiger charge is -2.21. The molecule has 174 valence electrons. The summed E-state index contributed by atoms with van der Waals surface area (Å²) in [7, 11) is 0. The highest BCUT2D eigenvalue weighted by molar-refractivity contribution is 5.89. The third kappa shape index (κ3) is 6.09. The zero-order chi connectivity index (χ0) is 24.0. The van der Waals surface area contributed by atoms with Gasteiger partial charge in [-0.25, -0.2) is 9.18 Å². The van der Waals surface area contributed by atoms with Crippen molar-refractivity contribution >= 4 is 5.97 Å². The lowest BCUT2D eigenvalue weighted by molar-refractivity contribution is 0.0696. The summed E-state index contributed by atoms with van der Waals surface area (Å²) in [5.74, 6) is -1.25. The minimum atomic E-state index is -0.996. The first-order chi connectivity index (χ1) is 15.8. The summed E-state index contributed by atoms with van der Waals surface area (Å²) in [5, 5.41) is 32.1. The number of ether oxygens (including phenoxy) is 1. The second kappa shape index (κ2) is 10.9. The zero-order valence-electron chi connectivity index (χ0n) is 18.6. The summed E-state index contributed by atoms with van der Waals surface area (Å²) in [6.45, 7) is 4.35. The molecule has 0 fully saturated rings. The van der Waals surface area contributed by atoms with E-state index in [0.717, 1.165) is 11.1 Å². The number of aromatic carboxylic acids is 1. The number of aliphatic hydroxyl groups excluding tert-OH is 1. The molecular formula is C26H28FNO5. The van der Waals surface area contributed by atoms with Crippen molar-refractivity contribution in [1.82, 2.24) is 5.32 Å². The van der Waals surface area contributed by atoms with Crippen LogP contribution >= 0.6 is 0 Å². The number of aryl methyl sites for hydroxylation is 1. The molecule has 0 aliphatic heterocycles. The molecule has 0 spiro atoms. The Labute approximate surface area is 192 Å². The molecule has 7 heteroatoms. The van der Waals surface area contributed by atoms with Gasteiger partial charge in [0, 0.05) is 12.6 Å². The smallest absolute Gasteiger partial charge is 0.335 e. The number of benzene rings is 3. The third-order valence-corrected chi connectivity index (χ3v) is 5.51. The minimum absolute atomic E-state index is 0.118. The molecule has 0 saturated heterocycles. The van der Waals surface area contributed by atoms with E-state index >= 15 is 0 Å². The van der Waals surface area contributed by atoms with Crippen molar-refractivity contribution in [2.45, 2.75) is 32.4 Å². The Morgan fingerprint density at radius 3 is 2.45 bits per heavy atom. The number of aromatic hydroxyl groups is 1. The van der Waals surface area contributed by atoms with Gasteiger partial charge >= 0.3 is 5.97 Å². The fourth-order valence-electron chi connectivity index (χ4n) is 3.61. The number of aliphatic hydroxyl groups is 1. The summed E-state index contributed by atoms with van der Waals surface area (Å²) in [5.41, 5.74) is 3.14. The maximum atomic E-state index is 14.6. The van der Waals surface area contributed by atoms with Crippen LogP contribution in [0.4, 0.5) is 4.39 Å². The number of nitrogens with one attached hydrogen (secondary N) is 1. The Hall–Kier alpha value is -3.42. The molecule has 0 bridgehead atoms. The van der Waals surface area contributed by atoms with Gasteiger partial charge in [0.15, 0.2) is 11.6 Å². The van der Waals surface area contributed by atoms with Gasteiger partial charge in [-0.3, -0.25) is 0 Å². The Morgan fingerprint density at radius 1 is 1.09 bits per heavy atom. The van der Waals surface area contributed by atoms with E-state index in [4.69, 9.17) is 4.74 Å². The number of halogens is 1. The summed E-state index contributed by atoms with van der Waals surface area (Å²) in [6.07, 6.45) is -0.141. The highest BCUT2D eigenvalue weighted by atomic mass is 19.1. The van der Waals surface area contributed by atoms with Crippen LogP contribution in [0.15, 0.2) is 60.7 Å². The Morgan fingerprint density at radius 2 is 1.82 bits per heavy atom. The van der Waals surface area contributed by atoms with Crippen LogP contribution in [0.1, 0.15) is 41.4 Å². The van der Waals surface area contributed by atoms with Gasteiger partial charge in [-0.2, -0.15) is 0 Å². The largest absolute Gasteiger partial charge is 0.508 e. The van der Waals surface area contributed by atoms with E-state index in [-0.39, 0.29) is 29.7 Å². The highest BCUT2D eigenvalue weighted by Crippen LogP contribution is 2.29. The van der Waals surface area contributed by atoms with E-state index in [1.165, 1.54) is 24.3 Å². The van der Waals surface area contributed by atoms with Gasteiger partial charge in [-0.15, -0.1) is 0 Å². The average Bonchev–Trinajstić information content (AvgIpc) is 2.82. The molecule has 0 amide bonds. The fraction of sp³-hybridized carbons (Fsp3) is 0.269. The van der Waals surface area contributed by atoms with E-state index in [9.17, 15) is 24.5 Å². The van der Waals surface area contributed by atoms with Crippen LogP contribution in [-0.2, 0) is 6.42 Å². The van der Waals surface area contributed by atoms with Crippen molar-refractivity contribution in [2.75, 3.05) is 13.2 Å². The fourth-order valence-corrected chi connectivity index (χ4v) is 3.61. The van der Waals surface area contributed by atoms with Crippen LogP contribution in [0.2, 0.25) is 0 Å². The van der Waals surface area contributed by atoms with E-state index in [1.54, 1.807) is 36.4 Å². The van der Waals surface area contributed by atoms with E-state index in [1.807, 2.05) is 13.8 Å². The molecule has 3 rings (SSSR count). The van der Waals surface area contributed by atoms with Crippen molar-refractivity contribution < 1.29 is 29.2 Å². The quantitative estimate of drug-likeness (QED) is 0.336. The maximum Gasteiger partial charge on any atom is 0.335 e. The number of hydrogen-bond donors (Lipinski definition) is 4. The Balaban J connectivity index is 1.58. The molecule has 0 aliphatic carbocycles. The summed E-state index contributed by atoms with van der Waals surface area (Å²) < 4.78 is 20.2. The molecule has 3 aromatic rings. The van der Waals surface area contributed by atoms with Crippen molar-refractivity contribution in [3.63, 3.8) is 0 Å². The van der Waals surface area contributed by atoms with E-state index in [2.05, 4.69) is 5.32 Å². The van der Waals surface area contributed by atoms with Crippen molar-refractivity contribution in [2.24, 2.45) is 0 Å². The standard InChI is InChI=1S/C26H28FNO5/c1-3-17-14-20(26(31)32)6-10-22(17)19-7-11-24(23(27)15-19)33-13-12-28-16(2)25(30)18-4-8-21(29)9-5-18/h4-11,14-16,25,28-30H,3,12-13H2,1-2H3,(H,31,32)/t16-,25+/m1/s1. The molecule has 0 aliphatic rings. The van der Waals surface area contributed by atoms with Gasteiger partial charge < -0.3 is 25.4 Å². The van der Waals surface area contributed by atoms with Crippen molar-refractivity contribution in [3.8, 4) is 22.6 Å². The molecule has 0 aromatic heterocycles. The average molecular weight is 454 g/mol. The predicted molar refractivity (Wildman–Crippen MR) is 124 cm³/mol. The maximum absolute atomic E-state index is 14.6. The van der Waals surface area contributed by atoms with Crippen LogP contribution in [0.5, 0.6) is 11.5 Å². The molecule has 3 aromatic carbocycles. The van der Waals surface area contributed by atoms with Crippen molar-refractivity contribution in [3.05, 3.63) is 83.2 Å². The van der Waals surface area contributed by atoms with Crippen LogP contribution in [0, 0.1) is 5.82 Å². The lowest BCUT2D eigenvalue weighted by atomic mass is 9.96. The van der Waals surface area contributed by atoms with Gasteiger partial charge in [-0.1, -0.05) is 31.2 Å². The predicted octanol–water partition coefficient (Wildman–Crippen LogP) is 4.55. The molecule has 2 atom stereocenters. The molecule has 0 radical (unpaired) electrons. The van der Waals surface area contributed by atoms with Crippen LogP contribution < -0.4 is 10.1 Å². The second-order valence-corrected chi connectivity index (χ2v) is 7.80. The molecular weight excluding hydrogens is 425 g/mol. The van der Waals surface area contributed by atoms with Crippen LogP contribution in [-0.4, -0.2) is 40.5 Å². The number of hydrogen-bond acceptors (Lipinski definition) is 5. The van der Waals surface area contributed by atoms with Gasteiger partial charge in [0.25, 0.3) is 0 Å². The van der Waals surface area contributed by atoms with Crippen molar-refractivity contribution in [1.29, 1.82) is 0 Å². The number of carboxylic acid groups (broad SMARTS) is 1. The first kappa shape index (κ1) is 24.2. The number of carbonyl (C=O) groups is 1. The minimum Gasteiger partial charge on any atom is -0.508 e. The SMILES string of the molecule is CCc1cc(C(=O)O)ccc1-c1ccc(OCCN[C@H](C)[C@H](O)c2ccc(O)cc2)c(F)c1. The van der Waals surface area contributed by atoms with Gasteiger partial charge in [0.1, 0.15) is 12.4 Å². The summed E-state index contributed by atoms with van der Waals surface area (Å²) >= 11 is 0. The summed E-state index contributed by atoms with van der Waals surface area (Å²) in [4.78, 5) is 11.2. The van der Waals surface area contributed by atoms with E-state index < -0.39 is 17.9 Å². The normalized spacial score (nSPS) is 12.8. The highest BCUT2D eigenvalue weighted by Gasteiger charge is 2.16. The third-order valence-electron chi connectivity index (χ3n) is 5.51. The Bertz CT molecular complexity index is 1100. The van der Waals surface area contributed by atoms with Crippen LogP contribution in [0.25, 0.3) is 11.1 Å². The molecule has 0 unspecified atom stereocenters.